The van der Waals surface area contributed by atoms with Crippen LogP contribution in [0.4, 0.5) is 4.79 Å². The van der Waals surface area contributed by atoms with Crippen molar-refractivity contribution in [2.75, 3.05) is 0 Å². The molecule has 2 amide bonds. The molecule has 0 spiro atoms. The van der Waals surface area contributed by atoms with Gasteiger partial charge in [-0.15, -0.1) is 0 Å². The van der Waals surface area contributed by atoms with Gasteiger partial charge in [0.2, 0.25) is 0 Å². The molecule has 0 aromatic rings. The first kappa shape index (κ1) is 13.8. The summed E-state index contributed by atoms with van der Waals surface area (Å²) >= 11 is 0. The zero-order valence-corrected chi connectivity index (χ0v) is 10.7. The number of hydrogen-bond donors (Lipinski definition) is 3. The fourth-order valence-electron chi connectivity index (χ4n) is 2.55. The molecule has 0 saturated heterocycles. The predicted molar refractivity (Wildman–Crippen MR) is 64.7 cm³/mol. The Kier molecular flexibility index (Phi) is 4.78. The number of urea groups is 1. The first-order valence-corrected chi connectivity index (χ1v) is 6.18. The minimum Gasteiger partial charge on any atom is -0.480 e. The van der Waals surface area contributed by atoms with E-state index in [1.165, 1.54) is 13.3 Å². The average Bonchev–Trinajstić information content (AvgIpc) is 2.14. The van der Waals surface area contributed by atoms with Gasteiger partial charge < -0.3 is 15.7 Å². The molecule has 3 N–H and O–H groups in total. The van der Waals surface area contributed by atoms with E-state index in [1.54, 1.807) is 0 Å². The second kappa shape index (κ2) is 5.89. The van der Waals surface area contributed by atoms with Crippen LogP contribution in [0.5, 0.6) is 0 Å². The highest BCUT2D eigenvalue weighted by molar-refractivity contribution is 5.82. The molecule has 1 fully saturated rings. The van der Waals surface area contributed by atoms with E-state index in [0.29, 0.717) is 11.8 Å². The maximum atomic E-state index is 11.6. The van der Waals surface area contributed by atoms with Crippen LogP contribution in [0.25, 0.3) is 0 Å². The zero-order chi connectivity index (χ0) is 13.0. The molecule has 5 heteroatoms. The number of hydrogen-bond acceptors (Lipinski definition) is 2. The molecule has 5 nitrogen and oxygen atoms in total. The van der Waals surface area contributed by atoms with Crippen molar-refractivity contribution in [3.05, 3.63) is 0 Å². The van der Waals surface area contributed by atoms with Crippen LogP contribution >= 0.6 is 0 Å². The maximum Gasteiger partial charge on any atom is 0.325 e. The lowest BCUT2D eigenvalue weighted by Crippen LogP contribution is -2.49. The highest BCUT2D eigenvalue weighted by Gasteiger charge is 2.25. The lowest BCUT2D eigenvalue weighted by Gasteiger charge is -2.32. The van der Waals surface area contributed by atoms with E-state index in [1.807, 2.05) is 0 Å². The molecule has 1 aliphatic rings. The molecule has 3 atom stereocenters. The third-order valence-corrected chi connectivity index (χ3v) is 3.23. The van der Waals surface area contributed by atoms with E-state index < -0.39 is 12.0 Å². The number of carboxylic acid groups (broad SMARTS) is 1. The van der Waals surface area contributed by atoms with Gasteiger partial charge in [0, 0.05) is 6.04 Å². The highest BCUT2D eigenvalue weighted by atomic mass is 16.4. The molecule has 0 bridgehead atoms. The van der Waals surface area contributed by atoms with Crippen molar-refractivity contribution in [2.24, 2.45) is 11.8 Å². The van der Waals surface area contributed by atoms with E-state index in [-0.39, 0.29) is 12.1 Å². The van der Waals surface area contributed by atoms with E-state index >= 15 is 0 Å². The van der Waals surface area contributed by atoms with Gasteiger partial charge in [0.25, 0.3) is 0 Å². The van der Waals surface area contributed by atoms with Crippen LogP contribution in [0, 0.1) is 11.8 Å². The van der Waals surface area contributed by atoms with Crippen molar-refractivity contribution >= 4 is 12.0 Å². The topological polar surface area (TPSA) is 78.4 Å². The van der Waals surface area contributed by atoms with Gasteiger partial charge in [0.1, 0.15) is 6.04 Å². The van der Waals surface area contributed by atoms with E-state index in [4.69, 9.17) is 5.11 Å². The fraction of sp³-hybridized carbons (Fsp3) is 0.833. The molecule has 2 unspecified atom stereocenters. The minimum absolute atomic E-state index is 0.162. The molecular formula is C12H22N2O3. The lowest BCUT2D eigenvalue weighted by atomic mass is 9.80. The predicted octanol–water partition coefficient (Wildman–Crippen LogP) is 1.58. The summed E-state index contributed by atoms with van der Waals surface area (Å²) in [5.41, 5.74) is 0. The van der Waals surface area contributed by atoms with E-state index in [2.05, 4.69) is 24.5 Å². The second-order valence-corrected chi connectivity index (χ2v) is 5.29. The monoisotopic (exact) mass is 242 g/mol. The number of amides is 2. The Labute approximate surface area is 102 Å². The van der Waals surface area contributed by atoms with Crippen molar-refractivity contribution in [3.8, 4) is 0 Å². The molecule has 0 radical (unpaired) electrons. The third-order valence-electron chi connectivity index (χ3n) is 3.23. The number of carboxylic acids is 1. The van der Waals surface area contributed by atoms with Crippen LogP contribution in [0.1, 0.15) is 40.0 Å². The number of carbonyl (C=O) groups excluding carboxylic acids is 1. The highest BCUT2D eigenvalue weighted by Crippen LogP contribution is 2.28. The second-order valence-electron chi connectivity index (χ2n) is 5.29. The normalized spacial score (nSPS) is 30.4. The standard InChI is InChI=1S/C12H22N2O3/c1-7-4-8(2)6-10(5-7)14-12(17)13-9(3)11(15)16/h7-10H,4-6H2,1-3H3,(H,15,16)(H2,13,14,17)/t7?,8?,9-,10?/m1/s1. The molecule has 0 aromatic heterocycles. The van der Waals surface area contributed by atoms with Crippen molar-refractivity contribution in [2.45, 2.75) is 52.1 Å². The van der Waals surface area contributed by atoms with Crippen molar-refractivity contribution in [1.29, 1.82) is 0 Å². The van der Waals surface area contributed by atoms with Crippen molar-refractivity contribution in [1.82, 2.24) is 10.6 Å². The summed E-state index contributed by atoms with van der Waals surface area (Å²) in [6, 6.07) is -1.07. The minimum atomic E-state index is -1.02. The Morgan fingerprint density at radius 3 is 2.18 bits per heavy atom. The number of aliphatic carboxylic acids is 1. The van der Waals surface area contributed by atoms with Crippen molar-refractivity contribution in [3.63, 3.8) is 0 Å². The number of carbonyl (C=O) groups is 2. The molecular weight excluding hydrogens is 220 g/mol. The smallest absolute Gasteiger partial charge is 0.325 e. The van der Waals surface area contributed by atoms with Crippen LogP contribution in [0.2, 0.25) is 0 Å². The molecule has 0 heterocycles. The van der Waals surface area contributed by atoms with Gasteiger partial charge in [-0.1, -0.05) is 13.8 Å². The first-order chi connectivity index (χ1) is 7.88. The van der Waals surface area contributed by atoms with Crippen molar-refractivity contribution < 1.29 is 14.7 Å². The SMILES string of the molecule is CC1CC(C)CC(NC(=O)N[C@H](C)C(=O)O)C1. The Morgan fingerprint density at radius 2 is 1.71 bits per heavy atom. The van der Waals surface area contributed by atoms with Gasteiger partial charge in [-0.05, 0) is 38.0 Å². The largest absolute Gasteiger partial charge is 0.480 e. The van der Waals surface area contributed by atoms with Crippen LogP contribution < -0.4 is 10.6 Å². The molecule has 98 valence electrons. The summed E-state index contributed by atoms with van der Waals surface area (Å²) in [4.78, 5) is 22.1. The van der Waals surface area contributed by atoms with Crippen LogP contribution in [-0.4, -0.2) is 29.2 Å². The number of nitrogens with one attached hydrogen (secondary N) is 2. The Balaban J connectivity index is 2.37. The molecule has 17 heavy (non-hydrogen) atoms. The van der Waals surface area contributed by atoms with Crippen LogP contribution in [0.15, 0.2) is 0 Å². The molecule has 0 aromatic carbocycles. The lowest BCUT2D eigenvalue weighted by molar-refractivity contribution is -0.138. The van der Waals surface area contributed by atoms with Gasteiger partial charge >= 0.3 is 12.0 Å². The van der Waals surface area contributed by atoms with E-state index in [0.717, 1.165) is 12.8 Å². The third kappa shape index (κ3) is 4.63. The van der Waals surface area contributed by atoms with E-state index in [9.17, 15) is 9.59 Å². The van der Waals surface area contributed by atoms with Gasteiger partial charge in [0.05, 0.1) is 0 Å². The quantitative estimate of drug-likeness (QED) is 0.703. The number of rotatable bonds is 3. The molecule has 0 aliphatic heterocycles. The molecule has 1 aliphatic carbocycles. The van der Waals surface area contributed by atoms with Gasteiger partial charge in [-0.25, -0.2) is 4.79 Å². The summed E-state index contributed by atoms with van der Waals surface area (Å²) in [7, 11) is 0. The Bertz CT molecular complexity index is 283. The first-order valence-electron chi connectivity index (χ1n) is 6.18. The van der Waals surface area contributed by atoms with Gasteiger partial charge in [-0.2, -0.15) is 0 Å². The fourth-order valence-corrected chi connectivity index (χ4v) is 2.55. The molecule has 1 rings (SSSR count). The summed E-state index contributed by atoms with van der Waals surface area (Å²) in [6.45, 7) is 5.82. The summed E-state index contributed by atoms with van der Waals surface area (Å²) < 4.78 is 0. The summed E-state index contributed by atoms with van der Waals surface area (Å²) in [6.07, 6.45) is 3.14. The average molecular weight is 242 g/mol. The summed E-state index contributed by atoms with van der Waals surface area (Å²) in [5.74, 6) is 0.201. The Morgan fingerprint density at radius 1 is 1.18 bits per heavy atom. The zero-order valence-electron chi connectivity index (χ0n) is 10.7. The summed E-state index contributed by atoms with van der Waals surface area (Å²) in [5, 5.41) is 13.9. The van der Waals surface area contributed by atoms with Gasteiger partial charge in [-0.3, -0.25) is 4.79 Å². The molecule has 1 saturated carbocycles. The van der Waals surface area contributed by atoms with Crippen LogP contribution in [-0.2, 0) is 4.79 Å². The van der Waals surface area contributed by atoms with Crippen LogP contribution in [0.3, 0.4) is 0 Å². The maximum absolute atomic E-state index is 11.6. The Hall–Kier alpha value is -1.26. The van der Waals surface area contributed by atoms with Gasteiger partial charge in [0.15, 0.2) is 0 Å².